The number of aromatic carboxylic acids is 2. The maximum Gasteiger partial charge on any atom is 0.354 e. The average Bonchev–Trinajstić information content (AvgIpc) is 3.48. The van der Waals surface area contributed by atoms with Crippen molar-refractivity contribution in [2.75, 3.05) is 7.11 Å². The largest absolute Gasteiger partial charge is 0.478 e. The quantitative estimate of drug-likeness (QED) is 0.0471. The van der Waals surface area contributed by atoms with E-state index in [0.29, 0.717) is 25.2 Å². The Morgan fingerprint density at radius 1 is 0.358 bits per heavy atom. The maximum atomic E-state index is 12.4. The van der Waals surface area contributed by atoms with Crippen molar-refractivity contribution in [3.63, 3.8) is 0 Å². The molecule has 81 heavy (non-hydrogen) atoms. The van der Waals surface area contributed by atoms with Crippen LogP contribution in [0.5, 0.6) is 0 Å². The molecule has 0 saturated carbocycles. The van der Waals surface area contributed by atoms with Crippen LogP contribution in [0, 0.1) is 20.8 Å². The molecule has 0 aliphatic heterocycles. The van der Waals surface area contributed by atoms with E-state index < -0.39 is 47.4 Å². The summed E-state index contributed by atoms with van der Waals surface area (Å²) < 4.78 is 4.65. The Labute approximate surface area is 464 Å². The molecule has 0 spiro atoms. The Morgan fingerprint density at radius 3 is 0.926 bits per heavy atom. The third-order valence-electron chi connectivity index (χ3n) is 11.5. The maximum absolute atomic E-state index is 12.4. The molecule has 0 bridgehead atoms. The van der Waals surface area contributed by atoms with Crippen LogP contribution in [0.4, 0.5) is 0 Å². The van der Waals surface area contributed by atoms with Crippen LogP contribution in [-0.2, 0) is 37.5 Å². The first-order chi connectivity index (χ1) is 38.9. The minimum atomic E-state index is -1.19. The second-order valence-electron chi connectivity index (χ2n) is 17.7. The van der Waals surface area contributed by atoms with Gasteiger partial charge in [-0.25, -0.2) is 44.3 Å². The number of aryl methyl sites for hydroxylation is 3. The van der Waals surface area contributed by atoms with Crippen molar-refractivity contribution in [1.29, 1.82) is 0 Å². The van der Waals surface area contributed by atoms with E-state index in [0.717, 1.165) is 63.2 Å². The summed E-state index contributed by atoms with van der Waals surface area (Å²) in [5.74, 6) is -4.77. The van der Waals surface area contributed by atoms with Crippen molar-refractivity contribution in [2.24, 2.45) is 0 Å². The molecular formula is C59H55N11O11. The van der Waals surface area contributed by atoms with Gasteiger partial charge in [-0.15, -0.1) is 0 Å². The molecule has 0 aliphatic rings. The van der Waals surface area contributed by atoms with E-state index >= 15 is 0 Å². The molecule has 3 aromatic heterocycles. The van der Waals surface area contributed by atoms with Gasteiger partial charge < -0.3 is 41.5 Å². The summed E-state index contributed by atoms with van der Waals surface area (Å²) in [7, 11) is 1.31. The van der Waals surface area contributed by atoms with Crippen molar-refractivity contribution in [3.8, 4) is 0 Å². The lowest BCUT2D eigenvalue weighted by Crippen LogP contribution is -2.27. The fourth-order valence-corrected chi connectivity index (χ4v) is 7.28. The number of rotatable bonds is 18. The van der Waals surface area contributed by atoms with E-state index in [-0.39, 0.29) is 52.8 Å². The number of carbonyl (C=O) groups excluding carboxylic acids is 6. The summed E-state index contributed by atoms with van der Waals surface area (Å²) in [6.45, 7) is 7.40. The summed E-state index contributed by atoms with van der Waals surface area (Å²) in [6, 6.07) is 40.0. The minimum Gasteiger partial charge on any atom is -0.478 e. The SMILES string of the molecule is COC(=O)c1ccc(CNC(=O)c2cc(C(=O)NCc3cccc(C)c3)ncn2)cc1.Cc1cccc(CNC(=O)c2cc(C(=O)NCc3ccc(C(=O)O)cc3)ncn2)c1.Cc1cccc(CNC(=O)c2cc(C(=O)O)ncn2)c1. The lowest BCUT2D eigenvalue weighted by molar-refractivity contribution is 0.0598. The Hall–Kier alpha value is -10.9. The van der Waals surface area contributed by atoms with Crippen molar-refractivity contribution in [3.05, 3.63) is 248 Å². The molecule has 0 unspecified atom stereocenters. The molecule has 412 valence electrons. The zero-order chi connectivity index (χ0) is 58.3. The number of hydrogen-bond donors (Lipinski definition) is 7. The van der Waals surface area contributed by atoms with Gasteiger partial charge in [-0.3, -0.25) is 24.0 Å². The van der Waals surface area contributed by atoms with Crippen LogP contribution in [0.25, 0.3) is 0 Å². The number of nitrogens with zero attached hydrogens (tertiary/aromatic N) is 6. The van der Waals surface area contributed by atoms with Crippen molar-refractivity contribution < 1.29 is 53.3 Å². The molecule has 8 rings (SSSR count). The molecule has 0 saturated heterocycles. The van der Waals surface area contributed by atoms with Crippen molar-refractivity contribution >= 4 is 47.4 Å². The van der Waals surface area contributed by atoms with Gasteiger partial charge in [0, 0.05) is 50.9 Å². The summed E-state index contributed by atoms with van der Waals surface area (Å²) >= 11 is 0. The summed E-state index contributed by atoms with van der Waals surface area (Å²) in [6.07, 6.45) is 3.41. The van der Waals surface area contributed by atoms with Crippen LogP contribution < -0.4 is 26.6 Å². The number of carbonyl (C=O) groups is 8. The molecular weight excluding hydrogens is 1040 g/mol. The monoisotopic (exact) mass is 1090 g/mol. The van der Waals surface area contributed by atoms with Crippen LogP contribution in [0.2, 0.25) is 0 Å². The minimum absolute atomic E-state index is 0.0325. The molecule has 0 radical (unpaired) electrons. The summed E-state index contributed by atoms with van der Waals surface area (Å²) in [4.78, 5) is 118. The van der Waals surface area contributed by atoms with E-state index in [4.69, 9.17) is 10.2 Å². The highest BCUT2D eigenvalue weighted by atomic mass is 16.5. The molecule has 3 heterocycles. The van der Waals surface area contributed by atoms with E-state index in [1.54, 1.807) is 36.4 Å². The second-order valence-corrected chi connectivity index (χ2v) is 17.7. The first kappa shape index (κ1) is 59.3. The van der Waals surface area contributed by atoms with Crippen LogP contribution in [0.15, 0.2) is 159 Å². The van der Waals surface area contributed by atoms with Crippen LogP contribution >= 0.6 is 0 Å². The fourth-order valence-electron chi connectivity index (χ4n) is 7.28. The number of nitrogens with one attached hydrogen (secondary N) is 5. The van der Waals surface area contributed by atoms with Crippen molar-refractivity contribution in [1.82, 2.24) is 56.5 Å². The highest BCUT2D eigenvalue weighted by Gasteiger charge is 2.16. The molecule has 0 fully saturated rings. The molecule has 8 aromatic rings. The molecule has 0 aliphatic carbocycles. The third kappa shape index (κ3) is 19.0. The highest BCUT2D eigenvalue weighted by molar-refractivity contribution is 5.98. The van der Waals surface area contributed by atoms with Gasteiger partial charge in [-0.1, -0.05) is 114 Å². The number of carboxylic acid groups (broad SMARTS) is 2. The predicted molar refractivity (Wildman–Crippen MR) is 294 cm³/mol. The third-order valence-corrected chi connectivity index (χ3v) is 11.5. The van der Waals surface area contributed by atoms with Crippen LogP contribution in [-0.4, -0.2) is 94.7 Å². The standard InChI is InChI=1S/C23H22N4O4.C22H20N4O4.C14H13N3O3/c1-15-4-3-5-17(10-15)13-25-22(29)20-11-19(26-14-27-20)21(28)24-12-16-6-8-18(9-7-16)23(30)31-2;1-14-3-2-4-16(9-14)12-24-21(28)19-10-18(25-13-26-19)20(27)23-11-15-5-7-17(8-6-15)22(29)30;1-9-3-2-4-10(5-9)7-15-13(18)11-6-12(14(19)20)17-8-16-11/h3-11,14H,12-13H2,1-2H3,(H,24,28)(H,25,29);2-10,13H,11-12H2,1H3,(H,23,27)(H,24,28)(H,29,30);2-6,8H,7H2,1H3,(H,15,18)(H,19,20). The Balaban J connectivity index is 0.000000200. The Bertz CT molecular complexity index is 3560. The summed E-state index contributed by atoms with van der Waals surface area (Å²) in [5.41, 5.74) is 8.50. The zero-order valence-corrected chi connectivity index (χ0v) is 44.3. The number of carboxylic acids is 2. The number of esters is 1. The van der Waals surface area contributed by atoms with Gasteiger partial charge in [0.25, 0.3) is 29.5 Å². The van der Waals surface area contributed by atoms with Gasteiger partial charge in [0.05, 0.1) is 18.2 Å². The van der Waals surface area contributed by atoms with Crippen LogP contribution in [0.3, 0.4) is 0 Å². The van der Waals surface area contributed by atoms with Gasteiger partial charge in [0.15, 0.2) is 5.69 Å². The number of hydrogen-bond acceptors (Lipinski definition) is 15. The smallest absolute Gasteiger partial charge is 0.354 e. The lowest BCUT2D eigenvalue weighted by atomic mass is 10.1. The average molecular weight is 1090 g/mol. The number of amides is 5. The first-order valence-electron chi connectivity index (χ1n) is 24.7. The number of ether oxygens (including phenoxy) is 1. The summed E-state index contributed by atoms with van der Waals surface area (Å²) in [5, 5.41) is 31.4. The second kappa shape index (κ2) is 29.6. The zero-order valence-electron chi connectivity index (χ0n) is 44.3. The van der Waals surface area contributed by atoms with E-state index in [9.17, 15) is 38.4 Å². The lowest BCUT2D eigenvalue weighted by Gasteiger charge is -2.08. The molecule has 0 atom stereocenters. The fraction of sp³-hybridized carbons (Fsp3) is 0.153. The van der Waals surface area contributed by atoms with Gasteiger partial charge in [0.2, 0.25) is 0 Å². The Kier molecular flexibility index (Phi) is 21.7. The molecule has 5 aromatic carbocycles. The highest BCUT2D eigenvalue weighted by Crippen LogP contribution is 2.11. The predicted octanol–water partition coefficient (Wildman–Crippen LogP) is 6.19. The van der Waals surface area contributed by atoms with Crippen LogP contribution in [0.1, 0.15) is 128 Å². The van der Waals surface area contributed by atoms with E-state index in [1.165, 1.54) is 37.7 Å². The normalized spacial score (nSPS) is 10.2. The topological polar surface area (TPSA) is 324 Å². The number of aromatic nitrogens is 6. The van der Waals surface area contributed by atoms with Gasteiger partial charge in [-0.2, -0.15) is 0 Å². The van der Waals surface area contributed by atoms with Gasteiger partial charge in [0.1, 0.15) is 47.5 Å². The molecule has 5 amide bonds. The first-order valence-corrected chi connectivity index (χ1v) is 24.7. The van der Waals surface area contributed by atoms with Gasteiger partial charge >= 0.3 is 17.9 Å². The van der Waals surface area contributed by atoms with E-state index in [2.05, 4.69) is 61.2 Å². The van der Waals surface area contributed by atoms with E-state index in [1.807, 2.05) is 93.6 Å². The number of benzene rings is 5. The van der Waals surface area contributed by atoms with Gasteiger partial charge in [-0.05, 0) is 72.9 Å². The Morgan fingerprint density at radius 2 is 0.642 bits per heavy atom. The van der Waals surface area contributed by atoms with Crippen molar-refractivity contribution in [2.45, 2.75) is 53.5 Å². The number of methoxy groups -OCH3 is 1. The molecule has 22 heteroatoms. The molecule has 7 N–H and O–H groups in total. The molecule has 22 nitrogen and oxygen atoms in total.